The zero-order valence-electron chi connectivity index (χ0n) is 18.0. The molecule has 10 heteroatoms. The number of carboxylic acid groups (broad SMARTS) is 1. The Morgan fingerprint density at radius 2 is 1.84 bits per heavy atom. The lowest BCUT2D eigenvalue weighted by atomic mass is 10.0. The van der Waals surface area contributed by atoms with Crippen molar-refractivity contribution >= 4 is 28.7 Å². The lowest BCUT2D eigenvalue weighted by Crippen LogP contribution is -2.56. The zero-order chi connectivity index (χ0) is 23.3. The predicted molar refractivity (Wildman–Crippen MR) is 119 cm³/mol. The number of carbonyl (C=O) groups is 3. The second-order valence-electron chi connectivity index (χ2n) is 8.08. The van der Waals surface area contributed by atoms with Gasteiger partial charge in [-0.25, -0.2) is 9.78 Å². The quantitative estimate of drug-likeness (QED) is 0.272. The van der Waals surface area contributed by atoms with Gasteiger partial charge in [0.2, 0.25) is 11.8 Å². The van der Waals surface area contributed by atoms with Crippen LogP contribution in [0.2, 0.25) is 0 Å². The van der Waals surface area contributed by atoms with Crippen LogP contribution in [-0.2, 0) is 27.2 Å². The van der Waals surface area contributed by atoms with Crippen LogP contribution < -0.4 is 16.4 Å². The van der Waals surface area contributed by atoms with E-state index in [1.807, 2.05) is 24.3 Å². The summed E-state index contributed by atoms with van der Waals surface area (Å²) < 4.78 is 0. The topological polar surface area (TPSA) is 166 Å². The number of rotatable bonds is 10. The van der Waals surface area contributed by atoms with Gasteiger partial charge in [-0.3, -0.25) is 9.59 Å². The number of amides is 2. The molecule has 0 spiro atoms. The second kappa shape index (κ2) is 10.1. The van der Waals surface area contributed by atoms with E-state index in [4.69, 9.17) is 5.73 Å². The molecule has 170 valence electrons. The number of hydrogen-bond acceptors (Lipinski definition) is 5. The van der Waals surface area contributed by atoms with Gasteiger partial charge in [-0.1, -0.05) is 32.0 Å². The van der Waals surface area contributed by atoms with Crippen molar-refractivity contribution in [3.05, 3.63) is 54.2 Å². The molecule has 3 aromatic rings. The average Bonchev–Trinajstić information content (AvgIpc) is 3.41. The molecule has 0 unspecified atom stereocenters. The molecule has 32 heavy (non-hydrogen) atoms. The van der Waals surface area contributed by atoms with Gasteiger partial charge in [0.15, 0.2) is 0 Å². The Balaban J connectivity index is 1.67. The smallest absolute Gasteiger partial charge is 0.326 e. The van der Waals surface area contributed by atoms with Crippen LogP contribution in [0.4, 0.5) is 0 Å². The summed E-state index contributed by atoms with van der Waals surface area (Å²) in [4.78, 5) is 47.2. The summed E-state index contributed by atoms with van der Waals surface area (Å²) in [7, 11) is 0. The fraction of sp³-hybridized carbons (Fsp3) is 0.364. The fourth-order valence-corrected chi connectivity index (χ4v) is 3.50. The molecule has 0 saturated carbocycles. The monoisotopic (exact) mass is 440 g/mol. The summed E-state index contributed by atoms with van der Waals surface area (Å²) in [6.07, 6.45) is 5.13. The number of H-pyrrole nitrogens is 2. The van der Waals surface area contributed by atoms with Gasteiger partial charge in [0.1, 0.15) is 12.1 Å². The average molecular weight is 441 g/mol. The lowest BCUT2D eigenvalue weighted by Gasteiger charge is -2.25. The minimum Gasteiger partial charge on any atom is -0.480 e. The Kier molecular flexibility index (Phi) is 7.26. The summed E-state index contributed by atoms with van der Waals surface area (Å²) >= 11 is 0. The van der Waals surface area contributed by atoms with Crippen molar-refractivity contribution < 1.29 is 19.5 Å². The summed E-state index contributed by atoms with van der Waals surface area (Å²) in [5, 5.41) is 15.8. The number of nitrogens with zero attached hydrogens (tertiary/aromatic N) is 1. The van der Waals surface area contributed by atoms with E-state index in [-0.39, 0.29) is 18.8 Å². The number of fused-ring (bicyclic) bond motifs is 1. The molecule has 0 radical (unpaired) electrons. The maximum atomic E-state index is 12.9. The Hall–Kier alpha value is -3.66. The molecule has 0 fully saturated rings. The Morgan fingerprint density at radius 1 is 1.09 bits per heavy atom. The predicted octanol–water partition coefficient (Wildman–Crippen LogP) is 0.714. The number of para-hydroxylation sites is 1. The first-order valence-electron chi connectivity index (χ1n) is 10.4. The first-order valence-corrected chi connectivity index (χ1v) is 10.4. The first kappa shape index (κ1) is 23.0. The summed E-state index contributed by atoms with van der Waals surface area (Å²) in [6, 6.07) is 4.56. The number of imidazole rings is 1. The van der Waals surface area contributed by atoms with Gasteiger partial charge in [-0.2, -0.15) is 0 Å². The molecule has 2 heterocycles. The molecule has 1 aromatic carbocycles. The van der Waals surface area contributed by atoms with E-state index in [1.165, 1.54) is 6.33 Å². The maximum absolute atomic E-state index is 12.9. The zero-order valence-corrected chi connectivity index (χ0v) is 18.0. The van der Waals surface area contributed by atoms with E-state index >= 15 is 0 Å². The van der Waals surface area contributed by atoms with Gasteiger partial charge in [0.25, 0.3) is 0 Å². The molecule has 0 bridgehead atoms. The fourth-order valence-electron chi connectivity index (χ4n) is 3.50. The highest BCUT2D eigenvalue weighted by Crippen LogP contribution is 2.19. The van der Waals surface area contributed by atoms with Crippen molar-refractivity contribution in [3.8, 4) is 0 Å². The molecule has 0 saturated heterocycles. The SMILES string of the molecule is CC(C)[C@H](NC(=O)[C@@H](N)Cc1cnc[nH]1)C(=O)N[C@@H](Cc1c[nH]c2ccccc12)C(=O)O. The molecule has 0 aliphatic carbocycles. The van der Waals surface area contributed by atoms with Crippen LogP contribution in [0.3, 0.4) is 0 Å². The number of carbonyl (C=O) groups excluding carboxylic acids is 2. The largest absolute Gasteiger partial charge is 0.480 e. The number of aliphatic carboxylic acids is 1. The number of carboxylic acids is 1. The van der Waals surface area contributed by atoms with E-state index < -0.39 is 35.9 Å². The van der Waals surface area contributed by atoms with E-state index in [2.05, 4.69) is 25.6 Å². The second-order valence-corrected chi connectivity index (χ2v) is 8.08. The van der Waals surface area contributed by atoms with Gasteiger partial charge in [0, 0.05) is 41.8 Å². The lowest BCUT2D eigenvalue weighted by molar-refractivity contribution is -0.142. The molecule has 7 N–H and O–H groups in total. The Bertz CT molecular complexity index is 1080. The molecular formula is C22H28N6O4. The first-order chi connectivity index (χ1) is 15.3. The van der Waals surface area contributed by atoms with E-state index in [1.54, 1.807) is 26.2 Å². The molecule has 0 aliphatic rings. The molecule has 0 aliphatic heterocycles. The molecule has 3 rings (SSSR count). The van der Waals surface area contributed by atoms with Crippen molar-refractivity contribution in [3.63, 3.8) is 0 Å². The van der Waals surface area contributed by atoms with Crippen LogP contribution in [0.5, 0.6) is 0 Å². The highest BCUT2D eigenvalue weighted by molar-refractivity contribution is 5.92. The van der Waals surface area contributed by atoms with Crippen LogP contribution in [0, 0.1) is 5.92 Å². The number of benzene rings is 1. The van der Waals surface area contributed by atoms with Crippen molar-refractivity contribution in [2.45, 2.75) is 44.8 Å². The third-order valence-electron chi connectivity index (χ3n) is 5.29. The third-order valence-corrected chi connectivity index (χ3v) is 5.29. The maximum Gasteiger partial charge on any atom is 0.326 e. The molecule has 2 amide bonds. The molecular weight excluding hydrogens is 412 g/mol. The van der Waals surface area contributed by atoms with Crippen molar-refractivity contribution in [2.24, 2.45) is 11.7 Å². The highest BCUT2D eigenvalue weighted by Gasteiger charge is 2.30. The molecule has 2 aromatic heterocycles. The Morgan fingerprint density at radius 3 is 2.50 bits per heavy atom. The highest BCUT2D eigenvalue weighted by atomic mass is 16.4. The van der Waals surface area contributed by atoms with E-state index in [0.717, 1.165) is 16.5 Å². The summed E-state index contributed by atoms with van der Waals surface area (Å²) in [5.41, 5.74) is 8.32. The molecule has 10 nitrogen and oxygen atoms in total. The van der Waals surface area contributed by atoms with Gasteiger partial charge >= 0.3 is 5.97 Å². The van der Waals surface area contributed by atoms with Crippen LogP contribution in [0.1, 0.15) is 25.1 Å². The minimum atomic E-state index is -1.16. The van der Waals surface area contributed by atoms with Crippen LogP contribution in [0.15, 0.2) is 43.0 Å². The van der Waals surface area contributed by atoms with Gasteiger partial charge < -0.3 is 31.4 Å². The van der Waals surface area contributed by atoms with Crippen LogP contribution in [0.25, 0.3) is 10.9 Å². The van der Waals surface area contributed by atoms with Crippen molar-refractivity contribution in [1.29, 1.82) is 0 Å². The van der Waals surface area contributed by atoms with Gasteiger partial charge in [0.05, 0.1) is 12.4 Å². The van der Waals surface area contributed by atoms with Crippen LogP contribution in [-0.4, -0.2) is 56.0 Å². The summed E-state index contributed by atoms with van der Waals surface area (Å²) in [5.74, 6) is -2.51. The number of aromatic amines is 2. The van der Waals surface area contributed by atoms with Crippen molar-refractivity contribution in [1.82, 2.24) is 25.6 Å². The van der Waals surface area contributed by atoms with Gasteiger partial charge in [-0.05, 0) is 17.5 Å². The van der Waals surface area contributed by atoms with Crippen molar-refractivity contribution in [2.75, 3.05) is 0 Å². The number of aromatic nitrogens is 3. The Labute approximate surface area is 185 Å². The van der Waals surface area contributed by atoms with E-state index in [0.29, 0.717) is 5.69 Å². The molecule has 3 atom stereocenters. The normalized spacial score (nSPS) is 14.1. The third kappa shape index (κ3) is 5.52. The number of nitrogens with two attached hydrogens (primary N) is 1. The van der Waals surface area contributed by atoms with Gasteiger partial charge in [-0.15, -0.1) is 0 Å². The number of hydrogen-bond donors (Lipinski definition) is 6. The minimum absolute atomic E-state index is 0.100. The summed E-state index contributed by atoms with van der Waals surface area (Å²) in [6.45, 7) is 3.53. The number of nitrogens with one attached hydrogen (secondary N) is 4. The van der Waals surface area contributed by atoms with E-state index in [9.17, 15) is 19.5 Å². The standard InChI is InChI=1S/C22H28N6O4/c1-12(2)19(28-20(29)16(23)8-14-10-24-11-26-14)21(30)27-18(22(31)32)7-13-9-25-17-6-4-3-5-15(13)17/h3-6,9-12,16,18-19,25H,7-8,23H2,1-2H3,(H,24,26)(H,27,30)(H,28,29)(H,31,32)/t16-,18-,19-/m0/s1. The van der Waals surface area contributed by atoms with Crippen LogP contribution >= 0.6 is 0 Å².